The molecule has 6 nitrogen and oxygen atoms in total. The van der Waals surface area contributed by atoms with Gasteiger partial charge in [0.05, 0.1) is 0 Å². The molecular formula is C21H21ClN4O2S. The lowest BCUT2D eigenvalue weighted by Crippen LogP contribution is -2.29. The first-order valence-corrected chi connectivity index (χ1v) is 10.7. The third-order valence-corrected chi connectivity index (χ3v) is 6.04. The molecule has 1 atom stereocenters. The molecule has 2 aromatic carbocycles. The van der Waals surface area contributed by atoms with Crippen molar-refractivity contribution < 1.29 is 9.53 Å². The lowest BCUT2D eigenvalue weighted by atomic mass is 10.1. The van der Waals surface area contributed by atoms with E-state index in [0.717, 1.165) is 24.0 Å². The first kappa shape index (κ1) is 19.8. The van der Waals surface area contributed by atoms with Gasteiger partial charge in [-0.3, -0.25) is 9.89 Å². The molecule has 1 aliphatic carbocycles. The lowest BCUT2D eigenvalue weighted by molar-refractivity contribution is -0.120. The number of thioether (sulfide) groups is 1. The Morgan fingerprint density at radius 2 is 2.10 bits per heavy atom. The molecule has 29 heavy (non-hydrogen) atoms. The van der Waals surface area contributed by atoms with Crippen molar-refractivity contribution in [1.82, 2.24) is 20.5 Å². The average Bonchev–Trinajstić information content (AvgIpc) is 3.43. The maximum atomic E-state index is 12.7. The maximum Gasteiger partial charge on any atom is 0.238 e. The topological polar surface area (TPSA) is 79.9 Å². The van der Waals surface area contributed by atoms with E-state index in [0.29, 0.717) is 27.8 Å². The van der Waals surface area contributed by atoms with E-state index in [-0.39, 0.29) is 12.5 Å². The summed E-state index contributed by atoms with van der Waals surface area (Å²) in [4.78, 5) is 17.2. The predicted octanol–water partition coefficient (Wildman–Crippen LogP) is 4.46. The van der Waals surface area contributed by atoms with Crippen LogP contribution in [-0.4, -0.2) is 27.1 Å². The Balaban J connectivity index is 1.42. The summed E-state index contributed by atoms with van der Waals surface area (Å²) in [5, 5.41) is 11.0. The van der Waals surface area contributed by atoms with E-state index in [2.05, 4.69) is 20.5 Å². The van der Waals surface area contributed by atoms with E-state index >= 15 is 0 Å². The molecule has 0 bridgehead atoms. The van der Waals surface area contributed by atoms with Gasteiger partial charge in [-0.25, -0.2) is 4.98 Å². The number of carbonyl (C=O) groups excluding carboxylic acids is 1. The van der Waals surface area contributed by atoms with Gasteiger partial charge in [0.2, 0.25) is 11.1 Å². The number of aryl methyl sites for hydroxylation is 1. The Labute approximate surface area is 178 Å². The van der Waals surface area contributed by atoms with Gasteiger partial charge in [-0.15, -0.1) is 5.10 Å². The summed E-state index contributed by atoms with van der Waals surface area (Å²) in [5.41, 5.74) is 1.88. The van der Waals surface area contributed by atoms with Crippen LogP contribution < -0.4 is 10.1 Å². The van der Waals surface area contributed by atoms with E-state index in [1.165, 1.54) is 11.8 Å². The summed E-state index contributed by atoms with van der Waals surface area (Å²) in [6.45, 7) is 2.17. The number of hydrogen-bond acceptors (Lipinski definition) is 5. The molecule has 1 aliphatic rings. The number of carbonyl (C=O) groups is 1. The van der Waals surface area contributed by atoms with Crippen molar-refractivity contribution in [2.45, 2.75) is 42.8 Å². The minimum atomic E-state index is -0.403. The normalized spacial score (nSPS) is 14.4. The van der Waals surface area contributed by atoms with Crippen molar-refractivity contribution in [1.29, 1.82) is 0 Å². The molecule has 1 saturated carbocycles. The minimum absolute atomic E-state index is 0.0112. The highest BCUT2D eigenvalue weighted by atomic mass is 35.5. The monoisotopic (exact) mass is 428 g/mol. The fraction of sp³-hybridized carbons (Fsp3) is 0.286. The summed E-state index contributed by atoms with van der Waals surface area (Å²) < 4.78 is 5.76. The second-order valence-corrected chi connectivity index (χ2v) is 8.44. The fourth-order valence-electron chi connectivity index (χ4n) is 2.76. The van der Waals surface area contributed by atoms with Crippen LogP contribution in [0.25, 0.3) is 0 Å². The molecule has 0 unspecified atom stereocenters. The van der Waals surface area contributed by atoms with Crippen molar-refractivity contribution in [3.63, 3.8) is 0 Å². The number of hydrogen-bond donors (Lipinski definition) is 2. The van der Waals surface area contributed by atoms with Crippen molar-refractivity contribution >= 4 is 29.3 Å². The second kappa shape index (κ2) is 8.88. The van der Waals surface area contributed by atoms with E-state index in [9.17, 15) is 4.79 Å². The molecule has 1 heterocycles. The molecule has 1 amide bonds. The van der Waals surface area contributed by atoms with Crippen LogP contribution in [0.1, 0.15) is 35.0 Å². The van der Waals surface area contributed by atoms with Gasteiger partial charge in [-0.05, 0) is 49.1 Å². The number of rotatable bonds is 8. The van der Waals surface area contributed by atoms with Gasteiger partial charge in [0.25, 0.3) is 0 Å². The Kier molecular flexibility index (Phi) is 6.06. The highest BCUT2D eigenvalue weighted by Gasteiger charge is 2.30. The summed E-state index contributed by atoms with van der Waals surface area (Å²) in [5.74, 6) is 1.29. The molecule has 150 valence electrons. The Hall–Kier alpha value is -2.51. The first-order chi connectivity index (χ1) is 14.1. The van der Waals surface area contributed by atoms with Gasteiger partial charge in [0.1, 0.15) is 17.6 Å². The van der Waals surface area contributed by atoms with Crippen LogP contribution >= 0.6 is 23.4 Å². The molecule has 0 radical (unpaired) electrons. The van der Waals surface area contributed by atoms with E-state index in [1.54, 1.807) is 6.07 Å². The molecule has 0 saturated heterocycles. The standard InChI is InChI=1S/C21H21ClN4O2S/c1-13-11-16(9-10-17(13)22)28-12-18-24-21(26-25-18)29-19(14-5-3-2-4-6-14)20(27)23-15-7-8-15/h2-6,9-11,15,19H,7-8,12H2,1H3,(H,23,27)(H,24,25,26)/t19-/m0/s1. The number of amides is 1. The third-order valence-electron chi connectivity index (χ3n) is 4.50. The average molecular weight is 429 g/mol. The van der Waals surface area contributed by atoms with E-state index in [4.69, 9.17) is 16.3 Å². The minimum Gasteiger partial charge on any atom is -0.486 e. The van der Waals surface area contributed by atoms with Crippen LogP contribution in [0.3, 0.4) is 0 Å². The van der Waals surface area contributed by atoms with Crippen LogP contribution in [0, 0.1) is 6.92 Å². The van der Waals surface area contributed by atoms with Crippen LogP contribution in [0.5, 0.6) is 5.75 Å². The Morgan fingerprint density at radius 3 is 2.83 bits per heavy atom. The zero-order valence-electron chi connectivity index (χ0n) is 15.9. The smallest absolute Gasteiger partial charge is 0.238 e. The van der Waals surface area contributed by atoms with Crippen LogP contribution in [0.2, 0.25) is 5.02 Å². The van der Waals surface area contributed by atoms with E-state index in [1.807, 2.05) is 49.4 Å². The quantitative estimate of drug-likeness (QED) is 0.518. The number of benzene rings is 2. The number of H-pyrrole nitrogens is 1. The highest BCUT2D eigenvalue weighted by molar-refractivity contribution is 8.00. The molecule has 3 aromatic rings. The molecule has 1 aromatic heterocycles. The first-order valence-electron chi connectivity index (χ1n) is 9.40. The summed E-state index contributed by atoms with van der Waals surface area (Å²) >= 11 is 7.37. The molecule has 1 fully saturated rings. The van der Waals surface area contributed by atoms with Crippen molar-refractivity contribution in [2.75, 3.05) is 0 Å². The van der Waals surface area contributed by atoms with Gasteiger partial charge in [0, 0.05) is 11.1 Å². The summed E-state index contributed by atoms with van der Waals surface area (Å²) in [7, 11) is 0. The van der Waals surface area contributed by atoms with E-state index < -0.39 is 5.25 Å². The third kappa shape index (κ3) is 5.31. The molecule has 8 heteroatoms. The summed E-state index contributed by atoms with van der Waals surface area (Å²) in [6, 6.07) is 15.5. The zero-order chi connectivity index (χ0) is 20.2. The predicted molar refractivity (Wildman–Crippen MR) is 113 cm³/mol. The lowest BCUT2D eigenvalue weighted by Gasteiger charge is -2.15. The number of nitrogens with zero attached hydrogens (tertiary/aromatic N) is 2. The highest BCUT2D eigenvalue weighted by Crippen LogP contribution is 2.34. The largest absolute Gasteiger partial charge is 0.486 e. The van der Waals surface area contributed by atoms with Crippen molar-refractivity contribution in [3.8, 4) is 5.75 Å². The van der Waals surface area contributed by atoms with Crippen LogP contribution in [-0.2, 0) is 11.4 Å². The maximum absolute atomic E-state index is 12.7. The number of ether oxygens (including phenoxy) is 1. The SMILES string of the molecule is Cc1cc(OCc2nc(S[C@H](C(=O)NC3CC3)c3ccccc3)n[nH]2)ccc1Cl. The van der Waals surface area contributed by atoms with Gasteiger partial charge in [0.15, 0.2) is 5.82 Å². The Bertz CT molecular complexity index is 991. The fourth-order valence-corrected chi connectivity index (χ4v) is 3.82. The second-order valence-electron chi connectivity index (χ2n) is 6.96. The van der Waals surface area contributed by atoms with Crippen molar-refractivity contribution in [3.05, 3.63) is 70.5 Å². The van der Waals surface area contributed by atoms with Gasteiger partial charge >= 0.3 is 0 Å². The van der Waals surface area contributed by atoms with Gasteiger partial charge in [-0.1, -0.05) is 53.7 Å². The van der Waals surface area contributed by atoms with Gasteiger partial charge in [-0.2, -0.15) is 0 Å². The zero-order valence-corrected chi connectivity index (χ0v) is 17.5. The Morgan fingerprint density at radius 1 is 1.31 bits per heavy atom. The van der Waals surface area contributed by atoms with Crippen LogP contribution in [0.15, 0.2) is 53.7 Å². The number of aromatic amines is 1. The molecule has 4 rings (SSSR count). The van der Waals surface area contributed by atoms with Crippen LogP contribution in [0.4, 0.5) is 0 Å². The molecular weight excluding hydrogens is 408 g/mol. The molecule has 0 aliphatic heterocycles. The molecule has 0 spiro atoms. The number of halogens is 1. The van der Waals surface area contributed by atoms with Crippen molar-refractivity contribution in [2.24, 2.45) is 0 Å². The summed E-state index contributed by atoms with van der Waals surface area (Å²) in [6.07, 6.45) is 2.09. The van der Waals surface area contributed by atoms with Gasteiger partial charge < -0.3 is 10.1 Å². The number of nitrogens with one attached hydrogen (secondary N) is 2. The number of aromatic nitrogens is 3. The molecule has 2 N–H and O–H groups in total.